The number of esters is 1. The van der Waals surface area contributed by atoms with Crippen molar-refractivity contribution in [3.05, 3.63) is 69.9 Å². The van der Waals surface area contributed by atoms with Gasteiger partial charge in [0.15, 0.2) is 0 Å². The van der Waals surface area contributed by atoms with Gasteiger partial charge in [0.25, 0.3) is 0 Å². The molecule has 0 aliphatic rings. The zero-order chi connectivity index (χ0) is 17.8. The molecular weight excluding hydrogens is 365 g/mol. The number of hydrogen-bond acceptors (Lipinski definition) is 5. The van der Waals surface area contributed by atoms with Crippen LogP contribution in [0.5, 0.6) is 5.75 Å². The molecule has 4 nitrogen and oxygen atoms in total. The van der Waals surface area contributed by atoms with Gasteiger partial charge in [0.2, 0.25) is 0 Å². The monoisotopic (exact) mass is 377 g/mol. The maximum Gasteiger partial charge on any atom is 0.343 e. The maximum atomic E-state index is 13.7. The molecule has 0 N–H and O–H groups in total. The summed E-state index contributed by atoms with van der Waals surface area (Å²) in [5.41, 5.74) is 1.24. The first-order valence-corrected chi connectivity index (χ1v) is 8.54. The molecule has 3 rings (SSSR count). The first kappa shape index (κ1) is 17.4. The molecule has 0 aliphatic heterocycles. The van der Waals surface area contributed by atoms with Crippen molar-refractivity contribution in [3.63, 3.8) is 0 Å². The van der Waals surface area contributed by atoms with Gasteiger partial charge in [-0.1, -0.05) is 17.7 Å². The Balaban J connectivity index is 1.68. The van der Waals surface area contributed by atoms with Crippen LogP contribution in [0.25, 0.3) is 10.6 Å². The summed E-state index contributed by atoms with van der Waals surface area (Å²) in [5, 5.41) is 2.59. The summed E-state index contributed by atoms with van der Waals surface area (Å²) in [6.45, 7) is -0.0594. The van der Waals surface area contributed by atoms with Crippen molar-refractivity contribution in [2.45, 2.75) is 6.61 Å². The number of carbonyl (C=O) groups excluding carboxylic acids is 1. The number of methoxy groups -OCH3 is 1. The molecule has 1 aromatic heterocycles. The average Bonchev–Trinajstić information content (AvgIpc) is 3.09. The van der Waals surface area contributed by atoms with E-state index < -0.39 is 11.8 Å². The number of benzene rings is 2. The van der Waals surface area contributed by atoms with Crippen LogP contribution in [0.3, 0.4) is 0 Å². The summed E-state index contributed by atoms with van der Waals surface area (Å²) in [4.78, 5) is 16.4. The van der Waals surface area contributed by atoms with E-state index in [4.69, 9.17) is 21.1 Å². The van der Waals surface area contributed by atoms with Gasteiger partial charge in [-0.05, 0) is 36.4 Å². The van der Waals surface area contributed by atoms with Gasteiger partial charge in [-0.15, -0.1) is 11.3 Å². The van der Waals surface area contributed by atoms with E-state index >= 15 is 0 Å². The number of hydrogen-bond donors (Lipinski definition) is 0. The van der Waals surface area contributed by atoms with E-state index in [9.17, 15) is 9.18 Å². The van der Waals surface area contributed by atoms with Crippen LogP contribution in [0.15, 0.2) is 47.8 Å². The van der Waals surface area contributed by atoms with Crippen molar-refractivity contribution < 1.29 is 18.7 Å². The highest BCUT2D eigenvalue weighted by Crippen LogP contribution is 2.26. The largest absolute Gasteiger partial charge is 0.497 e. The van der Waals surface area contributed by atoms with E-state index in [-0.39, 0.29) is 17.2 Å². The van der Waals surface area contributed by atoms with Gasteiger partial charge >= 0.3 is 5.97 Å². The lowest BCUT2D eigenvalue weighted by Gasteiger charge is -2.05. The molecule has 0 saturated carbocycles. The Bertz CT molecular complexity index is 875. The maximum absolute atomic E-state index is 13.7. The van der Waals surface area contributed by atoms with E-state index in [0.717, 1.165) is 22.4 Å². The van der Waals surface area contributed by atoms with Crippen LogP contribution in [-0.4, -0.2) is 18.1 Å². The van der Waals surface area contributed by atoms with Gasteiger partial charge in [0, 0.05) is 10.9 Å². The SMILES string of the molecule is COc1ccc(-c2nc(COC(=O)c3c(F)cccc3Cl)cs2)cc1. The van der Waals surface area contributed by atoms with Crippen LogP contribution in [0.2, 0.25) is 5.02 Å². The standard InChI is InChI=1S/C18H13ClFNO3S/c1-23-13-7-5-11(6-8-13)17-21-12(10-25-17)9-24-18(22)16-14(19)3-2-4-15(16)20/h2-8,10H,9H2,1H3. The lowest BCUT2D eigenvalue weighted by molar-refractivity contribution is 0.0463. The van der Waals surface area contributed by atoms with Crippen LogP contribution in [0, 0.1) is 5.82 Å². The normalized spacial score (nSPS) is 10.5. The Morgan fingerprint density at radius 3 is 2.68 bits per heavy atom. The van der Waals surface area contributed by atoms with Gasteiger partial charge in [-0.2, -0.15) is 0 Å². The van der Waals surface area contributed by atoms with Crippen molar-refractivity contribution in [3.8, 4) is 16.3 Å². The highest BCUT2D eigenvalue weighted by atomic mass is 35.5. The predicted molar refractivity (Wildman–Crippen MR) is 94.6 cm³/mol. The Morgan fingerprint density at radius 1 is 1.24 bits per heavy atom. The molecule has 0 radical (unpaired) electrons. The third-order valence-corrected chi connectivity index (χ3v) is 4.66. The van der Waals surface area contributed by atoms with Crippen LogP contribution >= 0.6 is 22.9 Å². The number of carbonyl (C=O) groups is 1. The van der Waals surface area contributed by atoms with E-state index in [1.165, 1.54) is 23.5 Å². The molecule has 0 aliphatic carbocycles. The third kappa shape index (κ3) is 3.97. The number of aromatic nitrogens is 1. The zero-order valence-corrected chi connectivity index (χ0v) is 14.7. The lowest BCUT2D eigenvalue weighted by Crippen LogP contribution is -2.08. The van der Waals surface area contributed by atoms with Crippen LogP contribution in [0.1, 0.15) is 16.1 Å². The van der Waals surface area contributed by atoms with Crippen LogP contribution in [-0.2, 0) is 11.3 Å². The minimum Gasteiger partial charge on any atom is -0.497 e. The fourth-order valence-corrected chi connectivity index (χ4v) is 3.19. The minimum absolute atomic E-state index is 0.0159. The summed E-state index contributed by atoms with van der Waals surface area (Å²) in [6.07, 6.45) is 0. The molecule has 0 saturated heterocycles. The topological polar surface area (TPSA) is 48.4 Å². The molecule has 25 heavy (non-hydrogen) atoms. The lowest BCUT2D eigenvalue weighted by atomic mass is 10.2. The van der Waals surface area contributed by atoms with Gasteiger partial charge in [0.05, 0.1) is 17.8 Å². The molecule has 0 spiro atoms. The summed E-state index contributed by atoms with van der Waals surface area (Å²) < 4.78 is 23.9. The quantitative estimate of drug-likeness (QED) is 0.589. The molecule has 2 aromatic carbocycles. The molecular formula is C18H13ClFNO3S. The molecule has 0 fully saturated rings. The average molecular weight is 378 g/mol. The molecule has 7 heteroatoms. The van der Waals surface area contributed by atoms with E-state index in [2.05, 4.69) is 4.98 Å². The van der Waals surface area contributed by atoms with Gasteiger partial charge < -0.3 is 9.47 Å². The van der Waals surface area contributed by atoms with Gasteiger partial charge in [0.1, 0.15) is 28.7 Å². The van der Waals surface area contributed by atoms with Gasteiger partial charge in [-0.25, -0.2) is 14.2 Å². The molecule has 0 bridgehead atoms. The highest BCUT2D eigenvalue weighted by Gasteiger charge is 2.17. The smallest absolute Gasteiger partial charge is 0.343 e. The van der Waals surface area contributed by atoms with Crippen molar-refractivity contribution in [2.75, 3.05) is 7.11 Å². The van der Waals surface area contributed by atoms with E-state index in [1.807, 2.05) is 24.3 Å². The van der Waals surface area contributed by atoms with Gasteiger partial charge in [-0.3, -0.25) is 0 Å². The van der Waals surface area contributed by atoms with E-state index in [0.29, 0.717) is 5.69 Å². The fourth-order valence-electron chi connectivity index (χ4n) is 2.14. The number of thiazole rings is 1. The van der Waals surface area contributed by atoms with Crippen LogP contribution < -0.4 is 4.74 Å². The minimum atomic E-state index is -0.818. The van der Waals surface area contributed by atoms with Crippen molar-refractivity contribution >= 4 is 28.9 Å². The Labute approximate surface area is 152 Å². The number of halogens is 2. The zero-order valence-electron chi connectivity index (χ0n) is 13.2. The molecule has 3 aromatic rings. The Morgan fingerprint density at radius 2 is 2.00 bits per heavy atom. The number of ether oxygens (including phenoxy) is 2. The second-order valence-corrected chi connectivity index (χ2v) is 6.31. The van der Waals surface area contributed by atoms with Crippen molar-refractivity contribution in [1.29, 1.82) is 0 Å². The van der Waals surface area contributed by atoms with Crippen LogP contribution in [0.4, 0.5) is 4.39 Å². The summed E-state index contributed by atoms with van der Waals surface area (Å²) >= 11 is 7.28. The first-order chi connectivity index (χ1) is 12.1. The third-order valence-electron chi connectivity index (χ3n) is 3.41. The van der Waals surface area contributed by atoms with E-state index in [1.54, 1.807) is 12.5 Å². The predicted octanol–water partition coefficient (Wildman–Crippen LogP) is 4.97. The second kappa shape index (κ2) is 7.63. The highest BCUT2D eigenvalue weighted by molar-refractivity contribution is 7.13. The molecule has 0 atom stereocenters. The molecule has 0 amide bonds. The summed E-state index contributed by atoms with van der Waals surface area (Å²) in [5.74, 6) is -0.770. The summed E-state index contributed by atoms with van der Waals surface area (Å²) in [6, 6.07) is 11.5. The molecule has 128 valence electrons. The van der Waals surface area contributed by atoms with Crippen molar-refractivity contribution in [1.82, 2.24) is 4.98 Å². The first-order valence-electron chi connectivity index (χ1n) is 7.28. The molecule has 0 unspecified atom stereocenters. The Kier molecular flexibility index (Phi) is 5.31. The number of rotatable bonds is 5. The van der Waals surface area contributed by atoms with Crippen molar-refractivity contribution in [2.24, 2.45) is 0 Å². The Hall–Kier alpha value is -2.44. The summed E-state index contributed by atoms with van der Waals surface area (Å²) in [7, 11) is 1.60. The fraction of sp³-hybridized carbons (Fsp3) is 0.111. The second-order valence-electron chi connectivity index (χ2n) is 5.05. The molecule has 1 heterocycles. The number of nitrogens with zero attached hydrogens (tertiary/aromatic N) is 1.